The highest BCUT2D eigenvalue weighted by molar-refractivity contribution is 6.07. The minimum absolute atomic E-state index is 0.211. The molecule has 0 radical (unpaired) electrons. The third-order valence-electron chi connectivity index (χ3n) is 4.60. The molecule has 1 atom stereocenters. The summed E-state index contributed by atoms with van der Waals surface area (Å²) in [6.07, 6.45) is 2.94. The zero-order chi connectivity index (χ0) is 14.6. The molecule has 0 bridgehead atoms. The lowest BCUT2D eigenvalue weighted by Gasteiger charge is -2.22. The first-order valence-corrected chi connectivity index (χ1v) is 7.37. The van der Waals surface area contributed by atoms with Gasteiger partial charge >= 0.3 is 5.63 Å². The monoisotopic (exact) mass is 280 g/mol. The van der Waals surface area contributed by atoms with Crippen molar-refractivity contribution in [2.24, 2.45) is 0 Å². The number of aromatic hydroxyl groups is 1. The molecule has 1 aromatic heterocycles. The summed E-state index contributed by atoms with van der Waals surface area (Å²) < 4.78 is 5.61. The van der Waals surface area contributed by atoms with E-state index in [0.29, 0.717) is 11.5 Å². The number of benzene rings is 2. The van der Waals surface area contributed by atoms with Gasteiger partial charge in [-0.3, -0.25) is 0 Å². The van der Waals surface area contributed by atoms with Crippen molar-refractivity contribution in [2.75, 3.05) is 0 Å². The number of phenolic OH excluding ortho intramolecular Hbond substituents is 1. The van der Waals surface area contributed by atoms with Crippen molar-refractivity contribution in [1.29, 1.82) is 0 Å². The van der Waals surface area contributed by atoms with Crippen LogP contribution in [0.25, 0.3) is 21.7 Å². The van der Waals surface area contributed by atoms with Crippen LogP contribution < -0.4 is 5.63 Å². The van der Waals surface area contributed by atoms with Gasteiger partial charge in [0.2, 0.25) is 0 Å². The zero-order valence-electron chi connectivity index (χ0n) is 11.8. The highest BCUT2D eigenvalue weighted by Crippen LogP contribution is 2.38. The Kier molecular flexibility index (Phi) is 2.58. The number of hydrogen-bond donors (Lipinski definition) is 1. The molecule has 0 aliphatic heterocycles. The molecule has 1 heterocycles. The lowest BCUT2D eigenvalue weighted by atomic mass is 9.82. The fourth-order valence-electron chi connectivity index (χ4n) is 3.59. The summed E-state index contributed by atoms with van der Waals surface area (Å²) in [5.74, 6) is 0.581. The van der Waals surface area contributed by atoms with Gasteiger partial charge in [-0.1, -0.05) is 25.1 Å². The van der Waals surface area contributed by atoms with Gasteiger partial charge in [0.15, 0.2) is 0 Å². The van der Waals surface area contributed by atoms with Gasteiger partial charge in [0.05, 0.1) is 0 Å². The van der Waals surface area contributed by atoms with Crippen LogP contribution in [0.2, 0.25) is 0 Å². The molecule has 0 saturated carbocycles. The molecule has 0 saturated heterocycles. The van der Waals surface area contributed by atoms with Gasteiger partial charge < -0.3 is 9.52 Å². The molecule has 4 rings (SSSR count). The van der Waals surface area contributed by atoms with E-state index < -0.39 is 0 Å². The second-order valence-electron chi connectivity index (χ2n) is 5.89. The minimum atomic E-state index is -0.222. The zero-order valence-corrected chi connectivity index (χ0v) is 11.8. The van der Waals surface area contributed by atoms with Gasteiger partial charge in [-0.05, 0) is 42.9 Å². The predicted molar refractivity (Wildman–Crippen MR) is 83.0 cm³/mol. The number of rotatable bonds is 0. The molecule has 0 amide bonds. The SMILES string of the molecule is C[C@H]1CCCc2c1c1ccc3c(O)cccc3c1oc2=O. The maximum absolute atomic E-state index is 12.3. The lowest BCUT2D eigenvalue weighted by molar-refractivity contribution is 0.481. The third kappa shape index (κ3) is 1.70. The van der Waals surface area contributed by atoms with Crippen LogP contribution in [0.3, 0.4) is 0 Å². The lowest BCUT2D eigenvalue weighted by Crippen LogP contribution is -2.18. The van der Waals surface area contributed by atoms with Crippen molar-refractivity contribution in [3.05, 3.63) is 51.9 Å². The number of hydrogen-bond acceptors (Lipinski definition) is 3. The van der Waals surface area contributed by atoms with E-state index in [0.717, 1.165) is 46.5 Å². The van der Waals surface area contributed by atoms with E-state index in [2.05, 4.69) is 6.92 Å². The molecule has 0 spiro atoms. The van der Waals surface area contributed by atoms with Crippen molar-refractivity contribution in [3.63, 3.8) is 0 Å². The topological polar surface area (TPSA) is 50.4 Å². The first-order valence-electron chi connectivity index (χ1n) is 7.37. The largest absolute Gasteiger partial charge is 0.507 e. The highest BCUT2D eigenvalue weighted by atomic mass is 16.4. The molecule has 1 aliphatic rings. The van der Waals surface area contributed by atoms with Crippen LogP contribution in [0.1, 0.15) is 36.8 Å². The molecule has 3 aromatic rings. The molecule has 21 heavy (non-hydrogen) atoms. The Labute approximate surface area is 121 Å². The van der Waals surface area contributed by atoms with E-state index in [-0.39, 0.29) is 11.4 Å². The summed E-state index contributed by atoms with van der Waals surface area (Å²) in [6, 6.07) is 9.20. The summed E-state index contributed by atoms with van der Waals surface area (Å²) in [5, 5.41) is 12.5. The average Bonchev–Trinajstić information content (AvgIpc) is 2.48. The Bertz CT molecular complexity index is 921. The summed E-state index contributed by atoms with van der Waals surface area (Å²) in [7, 11) is 0. The Balaban J connectivity index is 2.22. The normalized spacial score (nSPS) is 18.0. The minimum Gasteiger partial charge on any atom is -0.507 e. The maximum atomic E-state index is 12.3. The van der Waals surface area contributed by atoms with Crippen molar-refractivity contribution >= 4 is 21.7 Å². The van der Waals surface area contributed by atoms with Crippen molar-refractivity contribution in [2.45, 2.75) is 32.1 Å². The first kappa shape index (κ1) is 12.5. The van der Waals surface area contributed by atoms with Crippen LogP contribution in [0.15, 0.2) is 39.5 Å². The molecular formula is C18H16O3. The van der Waals surface area contributed by atoms with Gasteiger partial charge in [-0.15, -0.1) is 0 Å². The fourth-order valence-corrected chi connectivity index (χ4v) is 3.59. The Morgan fingerprint density at radius 1 is 1.14 bits per heavy atom. The van der Waals surface area contributed by atoms with Crippen LogP contribution in [0, 0.1) is 0 Å². The predicted octanol–water partition coefficient (Wildman–Crippen LogP) is 4.09. The number of fused-ring (bicyclic) bond motifs is 5. The Morgan fingerprint density at radius 2 is 1.95 bits per heavy atom. The molecule has 3 heteroatoms. The molecule has 3 nitrogen and oxygen atoms in total. The number of phenols is 1. The van der Waals surface area contributed by atoms with Crippen LogP contribution in [-0.4, -0.2) is 5.11 Å². The van der Waals surface area contributed by atoms with Crippen molar-refractivity contribution in [3.8, 4) is 5.75 Å². The molecule has 0 fully saturated rings. The highest BCUT2D eigenvalue weighted by Gasteiger charge is 2.24. The summed E-state index contributed by atoms with van der Waals surface area (Å²) >= 11 is 0. The molecule has 0 unspecified atom stereocenters. The molecule has 1 N–H and O–H groups in total. The van der Waals surface area contributed by atoms with Gasteiger partial charge in [0.1, 0.15) is 11.3 Å². The van der Waals surface area contributed by atoms with E-state index >= 15 is 0 Å². The molecule has 1 aliphatic carbocycles. The van der Waals surface area contributed by atoms with Gasteiger partial charge in [-0.2, -0.15) is 0 Å². The quantitative estimate of drug-likeness (QED) is 0.498. The third-order valence-corrected chi connectivity index (χ3v) is 4.60. The Morgan fingerprint density at radius 3 is 2.81 bits per heavy atom. The second-order valence-corrected chi connectivity index (χ2v) is 5.89. The second kappa shape index (κ2) is 4.35. The average molecular weight is 280 g/mol. The maximum Gasteiger partial charge on any atom is 0.339 e. The van der Waals surface area contributed by atoms with E-state index in [1.807, 2.05) is 18.2 Å². The van der Waals surface area contributed by atoms with Gasteiger partial charge in [0.25, 0.3) is 0 Å². The standard InChI is InChI=1S/C18H16O3/c1-10-4-2-6-14-16(10)13-9-8-11-12(5-3-7-15(11)19)17(13)21-18(14)20/h3,5,7-10,19H,2,4,6H2,1H3/t10-/m0/s1. The van der Waals surface area contributed by atoms with Crippen LogP contribution in [0.5, 0.6) is 5.75 Å². The molecule has 2 aromatic carbocycles. The smallest absolute Gasteiger partial charge is 0.339 e. The molecule has 106 valence electrons. The summed E-state index contributed by atoms with van der Waals surface area (Å²) in [5.41, 5.74) is 2.35. The van der Waals surface area contributed by atoms with E-state index in [4.69, 9.17) is 4.42 Å². The van der Waals surface area contributed by atoms with Crippen LogP contribution in [-0.2, 0) is 6.42 Å². The van der Waals surface area contributed by atoms with Gasteiger partial charge in [0, 0.05) is 21.7 Å². The van der Waals surface area contributed by atoms with E-state index in [1.165, 1.54) is 0 Å². The van der Waals surface area contributed by atoms with Crippen LogP contribution >= 0.6 is 0 Å². The van der Waals surface area contributed by atoms with Gasteiger partial charge in [-0.25, -0.2) is 4.79 Å². The fraction of sp³-hybridized carbons (Fsp3) is 0.278. The first-order chi connectivity index (χ1) is 10.2. The van der Waals surface area contributed by atoms with E-state index in [1.54, 1.807) is 12.1 Å². The summed E-state index contributed by atoms with van der Waals surface area (Å²) in [6.45, 7) is 2.17. The summed E-state index contributed by atoms with van der Waals surface area (Å²) in [4.78, 5) is 12.3. The molecular weight excluding hydrogens is 264 g/mol. The van der Waals surface area contributed by atoms with E-state index in [9.17, 15) is 9.90 Å². The Hall–Kier alpha value is -2.29. The van der Waals surface area contributed by atoms with Crippen LogP contribution in [0.4, 0.5) is 0 Å². The van der Waals surface area contributed by atoms with Crippen molar-refractivity contribution < 1.29 is 9.52 Å². The van der Waals surface area contributed by atoms with Crippen molar-refractivity contribution in [1.82, 2.24) is 0 Å².